The average Bonchev–Trinajstić information content (AvgIpc) is 2.62. The molecule has 1 heterocycles. The van der Waals surface area contributed by atoms with Crippen LogP contribution in [-0.4, -0.2) is 24.5 Å². The number of hydrogen-bond acceptors (Lipinski definition) is 5. The van der Waals surface area contributed by atoms with Crippen LogP contribution in [0.1, 0.15) is 24.1 Å². The van der Waals surface area contributed by atoms with Gasteiger partial charge >= 0.3 is 0 Å². The molecule has 0 aliphatic rings. The van der Waals surface area contributed by atoms with Crippen molar-refractivity contribution >= 4 is 11.9 Å². The average molecular weight is 322 g/mol. The van der Waals surface area contributed by atoms with Gasteiger partial charge in [0.25, 0.3) is 0 Å². The van der Waals surface area contributed by atoms with E-state index in [0.717, 1.165) is 5.56 Å². The van der Waals surface area contributed by atoms with E-state index in [4.69, 9.17) is 9.47 Å². The van der Waals surface area contributed by atoms with Crippen molar-refractivity contribution in [2.45, 2.75) is 12.8 Å². The largest absolute Gasteiger partial charge is 0.493 e. The highest BCUT2D eigenvalue weighted by molar-refractivity contribution is 5.89. The molecule has 5 heteroatoms. The van der Waals surface area contributed by atoms with E-state index in [2.05, 4.69) is 4.98 Å². The van der Waals surface area contributed by atoms with Crippen LogP contribution < -0.4 is 9.47 Å². The first-order valence-corrected chi connectivity index (χ1v) is 7.46. The Labute approximate surface area is 141 Å². The van der Waals surface area contributed by atoms with Crippen molar-refractivity contribution in [1.29, 1.82) is 5.26 Å². The third-order valence-electron chi connectivity index (χ3n) is 3.35. The van der Waals surface area contributed by atoms with Gasteiger partial charge in [-0.05, 0) is 36.8 Å². The monoisotopic (exact) mass is 322 g/mol. The molecular weight excluding hydrogens is 304 g/mol. The zero-order valence-corrected chi connectivity index (χ0v) is 13.6. The molecule has 0 amide bonds. The van der Waals surface area contributed by atoms with Gasteiger partial charge in [-0.2, -0.15) is 5.26 Å². The Kier molecular flexibility index (Phi) is 6.09. The number of methoxy groups -OCH3 is 1. The van der Waals surface area contributed by atoms with Crippen molar-refractivity contribution in [3.8, 4) is 17.6 Å². The molecule has 1 aromatic heterocycles. The first kappa shape index (κ1) is 17.2. The highest BCUT2D eigenvalue weighted by Crippen LogP contribution is 2.29. The third kappa shape index (κ3) is 4.20. The van der Waals surface area contributed by atoms with Crippen LogP contribution in [0.4, 0.5) is 0 Å². The van der Waals surface area contributed by atoms with Gasteiger partial charge in [0.05, 0.1) is 18.9 Å². The predicted molar refractivity (Wildman–Crippen MR) is 90.8 cm³/mol. The summed E-state index contributed by atoms with van der Waals surface area (Å²) in [5.41, 5.74) is 1.39. The fourth-order valence-corrected chi connectivity index (χ4v) is 2.18. The molecule has 2 rings (SSSR count). The van der Waals surface area contributed by atoms with E-state index in [0.29, 0.717) is 17.2 Å². The molecule has 2 aromatic rings. The van der Waals surface area contributed by atoms with Crippen molar-refractivity contribution in [2.24, 2.45) is 0 Å². The molecule has 0 spiro atoms. The molecule has 0 saturated heterocycles. The Bertz CT molecular complexity index is 764. The van der Waals surface area contributed by atoms with E-state index in [1.54, 1.807) is 30.5 Å². The van der Waals surface area contributed by atoms with Gasteiger partial charge in [-0.25, -0.2) is 0 Å². The maximum Gasteiger partial charge on any atom is 0.193 e. The summed E-state index contributed by atoms with van der Waals surface area (Å²) >= 11 is 0. The number of aromatic nitrogens is 1. The summed E-state index contributed by atoms with van der Waals surface area (Å²) in [4.78, 5) is 16.3. The number of carbonyl (C=O) groups is 1. The van der Waals surface area contributed by atoms with Gasteiger partial charge in [-0.1, -0.05) is 24.3 Å². The molecule has 122 valence electrons. The van der Waals surface area contributed by atoms with Crippen LogP contribution in [0.3, 0.4) is 0 Å². The van der Waals surface area contributed by atoms with Crippen LogP contribution in [0.2, 0.25) is 0 Å². The maximum atomic E-state index is 12.3. The molecule has 0 unspecified atom stereocenters. The topological polar surface area (TPSA) is 72.2 Å². The minimum atomic E-state index is -0.945. The van der Waals surface area contributed by atoms with Gasteiger partial charge < -0.3 is 9.47 Å². The number of Topliss-reactive ketones (excluding diaryl/α,β-unsaturated/α-hetero) is 1. The number of pyridine rings is 1. The number of nitrogens with zero attached hydrogens (tertiary/aromatic N) is 2. The number of nitriles is 1. The molecule has 0 N–H and O–H groups in total. The van der Waals surface area contributed by atoms with E-state index >= 15 is 0 Å². The summed E-state index contributed by atoms with van der Waals surface area (Å²) in [6, 6.07) is 12.5. The number of ether oxygens (including phenoxy) is 2. The molecule has 5 nitrogen and oxygen atoms in total. The van der Waals surface area contributed by atoms with Gasteiger partial charge in [0.1, 0.15) is 6.61 Å². The van der Waals surface area contributed by atoms with Crippen LogP contribution in [0.5, 0.6) is 11.5 Å². The lowest BCUT2D eigenvalue weighted by atomic mass is 10.0. The summed E-state index contributed by atoms with van der Waals surface area (Å²) in [5, 5.41) is 9.24. The zero-order chi connectivity index (χ0) is 17.4. The summed E-state index contributed by atoms with van der Waals surface area (Å²) in [6.45, 7) is 1.70. The molecule has 1 atom stereocenters. The van der Waals surface area contributed by atoms with E-state index < -0.39 is 5.92 Å². The summed E-state index contributed by atoms with van der Waals surface area (Å²) in [5.74, 6) is -0.308. The third-order valence-corrected chi connectivity index (χ3v) is 3.35. The Morgan fingerprint density at radius 3 is 2.79 bits per heavy atom. The SMILES string of the molecule is C/C=C\c1ccc(OCC(=O)[C@H](C#N)c2ccccn2)c(OC)c1. The first-order valence-electron chi connectivity index (χ1n) is 7.46. The fraction of sp³-hybridized carbons (Fsp3) is 0.211. The zero-order valence-electron chi connectivity index (χ0n) is 13.6. The molecule has 1 aromatic carbocycles. The lowest BCUT2D eigenvalue weighted by Crippen LogP contribution is -2.20. The number of ketones is 1. The van der Waals surface area contributed by atoms with Gasteiger partial charge in [0.15, 0.2) is 23.2 Å². The van der Waals surface area contributed by atoms with Crippen LogP contribution >= 0.6 is 0 Å². The Hall–Kier alpha value is -3.13. The number of carbonyl (C=O) groups excluding carboxylic acids is 1. The van der Waals surface area contributed by atoms with Crippen LogP contribution in [0.15, 0.2) is 48.7 Å². The summed E-state index contributed by atoms with van der Waals surface area (Å²) < 4.78 is 10.8. The van der Waals surface area contributed by atoms with Gasteiger partial charge in [0, 0.05) is 6.20 Å². The molecule has 0 aliphatic heterocycles. The summed E-state index contributed by atoms with van der Waals surface area (Å²) in [6.07, 6.45) is 5.41. The fourth-order valence-electron chi connectivity index (χ4n) is 2.18. The van der Waals surface area contributed by atoms with Crippen molar-refractivity contribution in [1.82, 2.24) is 4.98 Å². The number of benzene rings is 1. The van der Waals surface area contributed by atoms with Crippen LogP contribution in [-0.2, 0) is 4.79 Å². The second-order valence-electron chi connectivity index (χ2n) is 4.98. The molecule has 0 radical (unpaired) electrons. The normalized spacial score (nSPS) is 11.7. The predicted octanol–water partition coefficient (Wildman–Crippen LogP) is 3.38. The minimum absolute atomic E-state index is 0.228. The van der Waals surface area contributed by atoms with E-state index in [-0.39, 0.29) is 12.4 Å². The van der Waals surface area contributed by atoms with Crippen molar-refractivity contribution in [3.05, 3.63) is 59.9 Å². The summed E-state index contributed by atoms with van der Waals surface area (Å²) in [7, 11) is 1.54. The lowest BCUT2D eigenvalue weighted by molar-refractivity contribution is -0.121. The van der Waals surface area contributed by atoms with Gasteiger partial charge in [-0.15, -0.1) is 0 Å². The molecule has 24 heavy (non-hydrogen) atoms. The number of allylic oxidation sites excluding steroid dienone is 1. The molecular formula is C19H18N2O3. The molecule has 0 fully saturated rings. The Morgan fingerprint density at radius 1 is 1.33 bits per heavy atom. The first-order chi connectivity index (χ1) is 11.7. The molecule has 0 bridgehead atoms. The van der Waals surface area contributed by atoms with Gasteiger partial charge in [0.2, 0.25) is 0 Å². The Balaban J connectivity index is 2.10. The van der Waals surface area contributed by atoms with Gasteiger partial charge in [-0.3, -0.25) is 9.78 Å². The highest BCUT2D eigenvalue weighted by Gasteiger charge is 2.22. The van der Waals surface area contributed by atoms with Crippen LogP contribution in [0.25, 0.3) is 6.08 Å². The molecule has 0 saturated carbocycles. The standard InChI is InChI=1S/C19H18N2O3/c1-3-6-14-8-9-18(19(11-14)23-2)24-13-17(22)15(12-20)16-7-4-5-10-21-16/h3-11,15H,13H2,1-2H3/b6-3-/t15-/m1/s1. The Morgan fingerprint density at radius 2 is 2.17 bits per heavy atom. The second-order valence-corrected chi connectivity index (χ2v) is 4.98. The smallest absolute Gasteiger partial charge is 0.193 e. The van der Waals surface area contributed by atoms with E-state index in [9.17, 15) is 10.1 Å². The van der Waals surface area contributed by atoms with E-state index in [1.165, 1.54) is 7.11 Å². The highest BCUT2D eigenvalue weighted by atomic mass is 16.5. The maximum absolute atomic E-state index is 12.3. The van der Waals surface area contributed by atoms with Crippen molar-refractivity contribution < 1.29 is 14.3 Å². The van der Waals surface area contributed by atoms with Crippen molar-refractivity contribution in [3.63, 3.8) is 0 Å². The number of hydrogen-bond donors (Lipinski definition) is 0. The molecule has 0 aliphatic carbocycles. The quantitative estimate of drug-likeness (QED) is 0.781. The van der Waals surface area contributed by atoms with Crippen LogP contribution in [0, 0.1) is 11.3 Å². The van der Waals surface area contributed by atoms with Crippen molar-refractivity contribution in [2.75, 3.05) is 13.7 Å². The minimum Gasteiger partial charge on any atom is -0.493 e. The lowest BCUT2D eigenvalue weighted by Gasteiger charge is -2.12. The number of rotatable bonds is 7. The van der Waals surface area contributed by atoms with E-state index in [1.807, 2.05) is 37.3 Å². The second kappa shape index (κ2) is 8.49.